The van der Waals surface area contributed by atoms with Crippen molar-refractivity contribution in [2.24, 2.45) is 11.7 Å². The third kappa shape index (κ3) is 2.42. The van der Waals surface area contributed by atoms with Crippen LogP contribution < -0.4 is 5.73 Å². The predicted molar refractivity (Wildman–Crippen MR) is 53.9 cm³/mol. The Morgan fingerprint density at radius 2 is 2.00 bits per heavy atom. The molecule has 1 saturated carbocycles. The molecule has 0 aromatic carbocycles. The molecule has 0 bridgehead atoms. The van der Waals surface area contributed by atoms with Gasteiger partial charge in [0, 0.05) is 8.07 Å². The average molecular weight is 185 g/mol. The summed E-state index contributed by atoms with van der Waals surface area (Å²) in [7, 11) is -0.937. The summed E-state index contributed by atoms with van der Waals surface area (Å²) in [6, 6.07) is 1.32. The van der Waals surface area contributed by atoms with E-state index < -0.39 is 13.6 Å². The van der Waals surface area contributed by atoms with E-state index in [1.807, 2.05) is 0 Å². The molecule has 3 heteroatoms. The van der Waals surface area contributed by atoms with Gasteiger partial charge in [0.1, 0.15) is 6.29 Å². The lowest BCUT2D eigenvalue weighted by molar-refractivity contribution is -0.116. The largest absolute Gasteiger partial charge is 0.319 e. The molecule has 0 aliphatic heterocycles. The third-order valence-corrected chi connectivity index (χ3v) is 4.28. The summed E-state index contributed by atoms with van der Waals surface area (Å²) < 4.78 is 0. The molecule has 0 saturated heterocycles. The van der Waals surface area contributed by atoms with Crippen LogP contribution in [0, 0.1) is 5.92 Å². The van der Waals surface area contributed by atoms with Crippen molar-refractivity contribution in [3.8, 4) is 0 Å². The van der Waals surface area contributed by atoms with Crippen LogP contribution >= 0.6 is 0 Å². The van der Waals surface area contributed by atoms with E-state index in [9.17, 15) is 4.79 Å². The fourth-order valence-corrected chi connectivity index (χ4v) is 4.14. The van der Waals surface area contributed by atoms with Gasteiger partial charge in [-0.1, -0.05) is 25.7 Å². The second kappa shape index (κ2) is 2.96. The second-order valence-corrected chi connectivity index (χ2v) is 10.9. The van der Waals surface area contributed by atoms with Crippen molar-refractivity contribution in [3.63, 3.8) is 0 Å². The van der Waals surface area contributed by atoms with Gasteiger partial charge >= 0.3 is 0 Å². The van der Waals surface area contributed by atoms with Gasteiger partial charge in [-0.25, -0.2) is 0 Å². The van der Waals surface area contributed by atoms with E-state index in [1.54, 1.807) is 0 Å². The molecule has 0 heterocycles. The highest BCUT2D eigenvalue weighted by molar-refractivity contribution is 6.76. The van der Waals surface area contributed by atoms with Crippen LogP contribution in [0.4, 0.5) is 0 Å². The Kier molecular flexibility index (Phi) is 2.45. The molecule has 0 atom stereocenters. The van der Waals surface area contributed by atoms with E-state index in [0.717, 1.165) is 25.0 Å². The SMILES string of the molecule is C[Si](C)(C)CC1CC(N)(C=O)C1. The quantitative estimate of drug-likeness (QED) is 0.536. The first-order valence-electron chi connectivity index (χ1n) is 4.60. The van der Waals surface area contributed by atoms with Crippen molar-refractivity contribution in [2.45, 2.75) is 44.1 Å². The van der Waals surface area contributed by atoms with E-state index >= 15 is 0 Å². The fraction of sp³-hybridized carbons (Fsp3) is 0.889. The number of hydrogen-bond donors (Lipinski definition) is 1. The minimum absolute atomic E-state index is 0.454. The third-order valence-electron chi connectivity index (χ3n) is 2.47. The molecule has 0 radical (unpaired) electrons. The smallest absolute Gasteiger partial charge is 0.139 e. The summed E-state index contributed by atoms with van der Waals surface area (Å²) >= 11 is 0. The van der Waals surface area contributed by atoms with Gasteiger partial charge in [-0.15, -0.1) is 0 Å². The highest BCUT2D eigenvalue weighted by Crippen LogP contribution is 2.39. The van der Waals surface area contributed by atoms with Gasteiger partial charge in [-0.2, -0.15) is 0 Å². The molecule has 1 aliphatic carbocycles. The van der Waals surface area contributed by atoms with Crippen LogP contribution in [0.15, 0.2) is 0 Å². The van der Waals surface area contributed by atoms with Crippen molar-refractivity contribution in [3.05, 3.63) is 0 Å². The van der Waals surface area contributed by atoms with Gasteiger partial charge in [0.05, 0.1) is 5.54 Å². The molecule has 1 rings (SSSR count). The van der Waals surface area contributed by atoms with Crippen LogP contribution in [0.1, 0.15) is 12.8 Å². The molecule has 1 fully saturated rings. The van der Waals surface area contributed by atoms with Crippen molar-refractivity contribution in [1.29, 1.82) is 0 Å². The van der Waals surface area contributed by atoms with Crippen LogP contribution in [0.5, 0.6) is 0 Å². The maximum atomic E-state index is 10.5. The first-order valence-corrected chi connectivity index (χ1v) is 8.31. The number of nitrogens with two attached hydrogens (primary N) is 1. The van der Waals surface area contributed by atoms with Crippen molar-refractivity contribution >= 4 is 14.4 Å². The normalized spacial score (nSPS) is 35.8. The van der Waals surface area contributed by atoms with Gasteiger partial charge in [-0.05, 0) is 18.8 Å². The molecule has 0 amide bonds. The van der Waals surface area contributed by atoms with Gasteiger partial charge in [0.15, 0.2) is 0 Å². The molecule has 0 aromatic rings. The monoisotopic (exact) mass is 185 g/mol. The van der Waals surface area contributed by atoms with E-state index in [1.165, 1.54) is 6.04 Å². The van der Waals surface area contributed by atoms with Crippen LogP contribution in [0.3, 0.4) is 0 Å². The zero-order valence-corrected chi connectivity index (χ0v) is 9.26. The lowest BCUT2D eigenvalue weighted by atomic mass is 9.71. The number of hydrogen-bond acceptors (Lipinski definition) is 2. The summed E-state index contributed by atoms with van der Waals surface area (Å²) in [6.07, 6.45) is 2.76. The molecule has 70 valence electrons. The zero-order valence-electron chi connectivity index (χ0n) is 8.26. The zero-order chi connectivity index (χ0) is 9.41. The Bertz CT molecular complexity index is 179. The molecule has 12 heavy (non-hydrogen) atoms. The fourth-order valence-electron chi connectivity index (χ4n) is 2.12. The van der Waals surface area contributed by atoms with Crippen LogP contribution in [0.2, 0.25) is 25.7 Å². The Morgan fingerprint density at radius 1 is 1.50 bits per heavy atom. The number of rotatable bonds is 3. The number of aldehydes is 1. The second-order valence-electron chi connectivity index (χ2n) is 5.39. The molecule has 1 aliphatic rings. The highest BCUT2D eigenvalue weighted by Gasteiger charge is 2.42. The van der Waals surface area contributed by atoms with E-state index in [2.05, 4.69) is 19.6 Å². The molecular weight excluding hydrogens is 166 g/mol. The summed E-state index contributed by atoms with van der Waals surface area (Å²) in [6.45, 7) is 7.10. The van der Waals surface area contributed by atoms with Crippen molar-refractivity contribution < 1.29 is 4.79 Å². The Morgan fingerprint density at radius 3 is 2.33 bits per heavy atom. The summed E-state index contributed by atoms with van der Waals surface area (Å²) in [5, 5.41) is 0. The van der Waals surface area contributed by atoms with Crippen molar-refractivity contribution in [2.75, 3.05) is 0 Å². The Labute approximate surface area is 75.5 Å². The summed E-state index contributed by atoms with van der Waals surface area (Å²) in [4.78, 5) is 10.5. The van der Waals surface area contributed by atoms with Crippen LogP contribution in [-0.4, -0.2) is 19.9 Å². The van der Waals surface area contributed by atoms with Crippen molar-refractivity contribution in [1.82, 2.24) is 0 Å². The highest BCUT2D eigenvalue weighted by atomic mass is 28.3. The molecular formula is C9H19NOSi. The minimum atomic E-state index is -0.937. The lowest BCUT2D eigenvalue weighted by Crippen LogP contribution is -2.54. The molecule has 2 N–H and O–H groups in total. The van der Waals surface area contributed by atoms with Gasteiger partial charge < -0.3 is 10.5 Å². The van der Waals surface area contributed by atoms with Crippen LogP contribution in [-0.2, 0) is 4.79 Å². The Balaban J connectivity index is 2.31. The van der Waals surface area contributed by atoms with Gasteiger partial charge in [-0.3, -0.25) is 0 Å². The average Bonchev–Trinajstić information content (AvgIpc) is 1.81. The molecule has 0 spiro atoms. The van der Waals surface area contributed by atoms with E-state index in [0.29, 0.717) is 0 Å². The topological polar surface area (TPSA) is 43.1 Å². The molecule has 2 nitrogen and oxygen atoms in total. The Hall–Kier alpha value is -0.153. The first-order chi connectivity index (χ1) is 5.35. The van der Waals surface area contributed by atoms with Gasteiger partial charge in [0.2, 0.25) is 0 Å². The number of carbonyl (C=O) groups is 1. The molecule has 0 aromatic heterocycles. The summed E-state index contributed by atoms with van der Waals surface area (Å²) in [5.74, 6) is 0.729. The first kappa shape index (κ1) is 9.93. The number of carbonyl (C=O) groups excluding carboxylic acids is 1. The summed E-state index contributed by atoms with van der Waals surface area (Å²) in [5.41, 5.74) is 5.30. The van der Waals surface area contributed by atoms with E-state index in [4.69, 9.17) is 5.73 Å². The van der Waals surface area contributed by atoms with Crippen LogP contribution in [0.25, 0.3) is 0 Å². The van der Waals surface area contributed by atoms with Gasteiger partial charge in [0.25, 0.3) is 0 Å². The standard InChI is InChI=1S/C9H19NOSi/c1-12(2,3)6-8-4-9(10,5-8)7-11/h7-8H,4-6,10H2,1-3H3. The van der Waals surface area contributed by atoms with E-state index in [-0.39, 0.29) is 0 Å². The molecule has 0 unspecified atom stereocenters. The minimum Gasteiger partial charge on any atom is -0.319 e. The maximum Gasteiger partial charge on any atom is 0.139 e. The lowest BCUT2D eigenvalue weighted by Gasteiger charge is -2.43. The maximum absolute atomic E-state index is 10.5. The predicted octanol–water partition coefficient (Wildman–Crippen LogP) is 1.63.